The van der Waals surface area contributed by atoms with Crippen LogP contribution >= 0.6 is 0 Å². The van der Waals surface area contributed by atoms with Gasteiger partial charge in [0.25, 0.3) is 11.8 Å². The Balaban J connectivity index is 1.93. The molecule has 3 N–H and O–H groups in total. The number of hydrogen-bond donors (Lipinski definition) is 2. The van der Waals surface area contributed by atoms with Crippen molar-refractivity contribution < 1.29 is 19.1 Å². The van der Waals surface area contributed by atoms with E-state index in [9.17, 15) is 9.59 Å². The smallest absolute Gasteiger partial charge is 0.261 e. The van der Waals surface area contributed by atoms with Crippen molar-refractivity contribution >= 4 is 18.0 Å². The third kappa shape index (κ3) is 5.09. The molecule has 0 saturated carbocycles. The molecule has 1 aromatic carbocycles. The fourth-order valence-electron chi connectivity index (χ4n) is 1.71. The van der Waals surface area contributed by atoms with Crippen molar-refractivity contribution in [2.75, 3.05) is 13.7 Å². The van der Waals surface area contributed by atoms with Crippen molar-refractivity contribution in [2.24, 2.45) is 10.8 Å². The van der Waals surface area contributed by atoms with Crippen molar-refractivity contribution in [2.45, 2.75) is 6.54 Å². The van der Waals surface area contributed by atoms with E-state index in [2.05, 4.69) is 20.6 Å². The summed E-state index contributed by atoms with van der Waals surface area (Å²) in [5, 5.41) is 7.66. The van der Waals surface area contributed by atoms with Crippen LogP contribution in [0, 0.1) is 0 Å². The molecule has 126 valence electrons. The molecule has 24 heavy (non-hydrogen) atoms. The standard InChI is InChI=1S/C14H16N6O4/c1-23-12-4-10(2-3-11(12)24-7-13(15)21)5-17-19-14(22)6-20-9-16-8-18-20/h2-5,8-9H,6-7H2,1H3,(H2,15,21)(H,19,22)/b17-5+. The first-order valence-electron chi connectivity index (χ1n) is 6.82. The van der Waals surface area contributed by atoms with E-state index >= 15 is 0 Å². The Morgan fingerprint density at radius 2 is 2.25 bits per heavy atom. The minimum Gasteiger partial charge on any atom is -0.493 e. The van der Waals surface area contributed by atoms with Crippen molar-refractivity contribution in [3.8, 4) is 11.5 Å². The number of nitrogens with two attached hydrogens (primary N) is 1. The van der Waals surface area contributed by atoms with Crippen LogP contribution < -0.4 is 20.6 Å². The largest absolute Gasteiger partial charge is 0.493 e. The molecular formula is C14H16N6O4. The molecule has 0 bridgehead atoms. The van der Waals surface area contributed by atoms with E-state index in [0.717, 1.165) is 0 Å². The lowest BCUT2D eigenvalue weighted by Crippen LogP contribution is -2.23. The average molecular weight is 332 g/mol. The fraction of sp³-hybridized carbons (Fsp3) is 0.214. The lowest BCUT2D eigenvalue weighted by atomic mass is 10.2. The van der Waals surface area contributed by atoms with Crippen LogP contribution in [-0.2, 0) is 16.1 Å². The lowest BCUT2D eigenvalue weighted by Gasteiger charge is -2.09. The number of nitrogens with one attached hydrogen (secondary N) is 1. The Labute approximate surface area is 137 Å². The molecule has 0 aliphatic rings. The summed E-state index contributed by atoms with van der Waals surface area (Å²) in [5.41, 5.74) is 8.06. The third-order valence-electron chi connectivity index (χ3n) is 2.73. The molecule has 0 atom stereocenters. The highest BCUT2D eigenvalue weighted by atomic mass is 16.5. The third-order valence-corrected chi connectivity index (χ3v) is 2.73. The molecule has 0 aliphatic heterocycles. The number of hydrazone groups is 1. The summed E-state index contributed by atoms with van der Waals surface area (Å²) in [5.74, 6) is -0.138. The Bertz CT molecular complexity index is 729. The number of rotatable bonds is 8. The molecule has 0 spiro atoms. The number of hydrogen-bond acceptors (Lipinski definition) is 7. The molecule has 2 aromatic rings. The molecule has 10 heteroatoms. The minimum absolute atomic E-state index is 0.0144. The first-order valence-corrected chi connectivity index (χ1v) is 6.82. The van der Waals surface area contributed by atoms with Crippen molar-refractivity contribution in [1.29, 1.82) is 0 Å². The average Bonchev–Trinajstić information content (AvgIpc) is 3.06. The van der Waals surface area contributed by atoms with Crippen LogP contribution in [0.4, 0.5) is 0 Å². The number of ether oxygens (including phenoxy) is 2. The summed E-state index contributed by atoms with van der Waals surface area (Å²) in [6.07, 6.45) is 4.21. The van der Waals surface area contributed by atoms with Gasteiger partial charge in [-0.15, -0.1) is 0 Å². The maximum absolute atomic E-state index is 11.6. The van der Waals surface area contributed by atoms with Crippen LogP contribution in [0.2, 0.25) is 0 Å². The lowest BCUT2D eigenvalue weighted by molar-refractivity contribution is -0.122. The molecule has 0 saturated heterocycles. The predicted octanol–water partition coefficient (Wildman–Crippen LogP) is -0.699. The number of aromatic nitrogens is 3. The number of carbonyl (C=O) groups excluding carboxylic acids is 2. The van der Waals surface area contributed by atoms with Crippen molar-refractivity contribution in [3.05, 3.63) is 36.4 Å². The van der Waals surface area contributed by atoms with Gasteiger partial charge in [-0.25, -0.2) is 15.1 Å². The van der Waals surface area contributed by atoms with Gasteiger partial charge >= 0.3 is 0 Å². The van der Waals surface area contributed by atoms with Gasteiger partial charge in [0.15, 0.2) is 18.1 Å². The van der Waals surface area contributed by atoms with E-state index in [1.54, 1.807) is 18.2 Å². The van der Waals surface area contributed by atoms with Crippen LogP contribution in [-0.4, -0.2) is 46.5 Å². The number of methoxy groups -OCH3 is 1. The summed E-state index contributed by atoms with van der Waals surface area (Å²) < 4.78 is 11.8. The number of carbonyl (C=O) groups is 2. The summed E-state index contributed by atoms with van der Waals surface area (Å²) >= 11 is 0. The first kappa shape index (κ1) is 16.9. The van der Waals surface area contributed by atoms with Gasteiger partial charge in [0.1, 0.15) is 19.2 Å². The van der Waals surface area contributed by atoms with Crippen LogP contribution in [0.25, 0.3) is 0 Å². The van der Waals surface area contributed by atoms with Gasteiger partial charge in [-0.05, 0) is 23.8 Å². The zero-order valence-electron chi connectivity index (χ0n) is 12.9. The number of amides is 2. The van der Waals surface area contributed by atoms with Gasteiger partial charge in [-0.1, -0.05) is 0 Å². The second kappa shape index (κ2) is 8.27. The second-order valence-electron chi connectivity index (χ2n) is 4.55. The Morgan fingerprint density at radius 3 is 2.92 bits per heavy atom. The number of benzene rings is 1. The zero-order valence-corrected chi connectivity index (χ0v) is 12.9. The van der Waals surface area contributed by atoms with E-state index < -0.39 is 5.91 Å². The Hall–Kier alpha value is -3.43. The van der Waals surface area contributed by atoms with E-state index in [-0.39, 0.29) is 19.1 Å². The van der Waals surface area contributed by atoms with Crippen LogP contribution in [0.5, 0.6) is 11.5 Å². The summed E-state index contributed by atoms with van der Waals surface area (Å²) in [4.78, 5) is 26.1. The van der Waals surface area contributed by atoms with E-state index in [0.29, 0.717) is 17.1 Å². The molecule has 0 aliphatic carbocycles. The van der Waals surface area contributed by atoms with Gasteiger partial charge in [0.2, 0.25) is 0 Å². The maximum Gasteiger partial charge on any atom is 0.261 e. The van der Waals surface area contributed by atoms with Crippen LogP contribution in [0.3, 0.4) is 0 Å². The topological polar surface area (TPSA) is 134 Å². The summed E-state index contributed by atoms with van der Waals surface area (Å²) in [7, 11) is 1.47. The minimum atomic E-state index is -0.585. The molecular weight excluding hydrogens is 316 g/mol. The van der Waals surface area contributed by atoms with Crippen LogP contribution in [0.15, 0.2) is 36.0 Å². The normalized spacial score (nSPS) is 10.5. The Kier molecular flexibility index (Phi) is 5.83. The summed E-state index contributed by atoms with van der Waals surface area (Å²) in [6, 6.07) is 4.94. The zero-order chi connectivity index (χ0) is 17.4. The van der Waals surface area contributed by atoms with Gasteiger partial charge in [-0.2, -0.15) is 10.2 Å². The molecule has 2 amide bonds. The second-order valence-corrected chi connectivity index (χ2v) is 4.55. The van der Waals surface area contributed by atoms with Crippen molar-refractivity contribution in [3.63, 3.8) is 0 Å². The fourth-order valence-corrected chi connectivity index (χ4v) is 1.71. The van der Waals surface area contributed by atoms with Gasteiger partial charge in [0, 0.05) is 0 Å². The van der Waals surface area contributed by atoms with Crippen molar-refractivity contribution in [1.82, 2.24) is 20.2 Å². The molecule has 0 fully saturated rings. The summed E-state index contributed by atoms with van der Waals surface area (Å²) in [6.45, 7) is -0.233. The highest BCUT2D eigenvalue weighted by molar-refractivity contribution is 5.83. The molecule has 2 rings (SSSR count). The highest BCUT2D eigenvalue weighted by Crippen LogP contribution is 2.27. The quantitative estimate of drug-likeness (QED) is 0.485. The number of nitrogens with zero attached hydrogens (tertiary/aromatic N) is 4. The monoisotopic (exact) mass is 332 g/mol. The predicted molar refractivity (Wildman–Crippen MR) is 83.4 cm³/mol. The highest BCUT2D eigenvalue weighted by Gasteiger charge is 2.07. The molecule has 0 radical (unpaired) electrons. The van der Waals surface area contributed by atoms with E-state index in [1.165, 1.54) is 30.7 Å². The number of primary amides is 1. The van der Waals surface area contributed by atoms with E-state index in [1.807, 2.05) is 0 Å². The maximum atomic E-state index is 11.6. The van der Waals surface area contributed by atoms with Crippen LogP contribution in [0.1, 0.15) is 5.56 Å². The molecule has 1 aromatic heterocycles. The molecule has 1 heterocycles. The van der Waals surface area contributed by atoms with E-state index in [4.69, 9.17) is 15.2 Å². The molecule has 0 unspecified atom stereocenters. The molecule has 10 nitrogen and oxygen atoms in total. The van der Waals surface area contributed by atoms with Gasteiger partial charge in [-0.3, -0.25) is 9.59 Å². The van der Waals surface area contributed by atoms with Gasteiger partial charge in [0.05, 0.1) is 13.3 Å². The van der Waals surface area contributed by atoms with Gasteiger partial charge < -0.3 is 15.2 Å². The Morgan fingerprint density at radius 1 is 1.42 bits per heavy atom. The first-order chi connectivity index (χ1) is 11.6. The SMILES string of the molecule is COc1cc(/C=N/NC(=O)Cn2cncn2)ccc1OCC(N)=O.